The summed E-state index contributed by atoms with van der Waals surface area (Å²) >= 11 is 0. The maximum absolute atomic E-state index is 12.9. The minimum atomic E-state index is -0.495. The highest BCUT2D eigenvalue weighted by Crippen LogP contribution is 2.22. The molecule has 0 aliphatic carbocycles. The Morgan fingerprint density at radius 1 is 1.00 bits per heavy atom. The van der Waals surface area contributed by atoms with E-state index in [9.17, 15) is 4.79 Å². The molecule has 3 rings (SSSR count). The van der Waals surface area contributed by atoms with E-state index >= 15 is 0 Å². The number of aromatic nitrogens is 2. The Balaban J connectivity index is 1.98. The highest BCUT2D eigenvalue weighted by molar-refractivity contribution is 5.95. The monoisotopic (exact) mass is 305 g/mol. The Morgan fingerprint density at radius 3 is 2.17 bits per heavy atom. The van der Waals surface area contributed by atoms with E-state index in [2.05, 4.69) is 10.4 Å². The van der Waals surface area contributed by atoms with E-state index < -0.39 is 6.04 Å². The minimum Gasteiger partial charge on any atom is -0.324 e. The summed E-state index contributed by atoms with van der Waals surface area (Å²) in [6, 6.07) is 20.7. The summed E-state index contributed by atoms with van der Waals surface area (Å²) < 4.78 is 1.78. The molecule has 0 aliphatic rings. The van der Waals surface area contributed by atoms with Gasteiger partial charge in [-0.15, -0.1) is 0 Å². The molecule has 0 unspecified atom stereocenters. The summed E-state index contributed by atoms with van der Waals surface area (Å²) in [5.41, 5.74) is 3.54. The van der Waals surface area contributed by atoms with E-state index in [0.717, 1.165) is 22.6 Å². The average molecular weight is 305 g/mol. The molecular formula is C19H19N3O. The van der Waals surface area contributed by atoms with Crippen LogP contribution in [0.4, 0.5) is 5.69 Å². The van der Waals surface area contributed by atoms with E-state index in [0.29, 0.717) is 0 Å². The van der Waals surface area contributed by atoms with Crippen LogP contribution in [0.3, 0.4) is 0 Å². The molecule has 0 radical (unpaired) electrons. The molecule has 4 heteroatoms. The van der Waals surface area contributed by atoms with Gasteiger partial charge in [0.25, 0.3) is 5.91 Å². The topological polar surface area (TPSA) is 46.9 Å². The average Bonchev–Trinajstić information content (AvgIpc) is 2.88. The van der Waals surface area contributed by atoms with Gasteiger partial charge >= 0.3 is 0 Å². The number of anilines is 1. The molecule has 0 bridgehead atoms. The first-order valence-corrected chi connectivity index (χ1v) is 7.59. The Bertz CT molecular complexity index is 794. The maximum Gasteiger partial charge on any atom is 0.253 e. The fourth-order valence-corrected chi connectivity index (χ4v) is 2.68. The van der Waals surface area contributed by atoms with Gasteiger partial charge in [-0.05, 0) is 37.6 Å². The zero-order valence-electron chi connectivity index (χ0n) is 13.2. The number of rotatable bonds is 4. The summed E-state index contributed by atoms with van der Waals surface area (Å²) in [6.45, 7) is 3.90. The van der Waals surface area contributed by atoms with Crippen LogP contribution >= 0.6 is 0 Å². The van der Waals surface area contributed by atoms with Crippen LogP contribution in [0, 0.1) is 13.8 Å². The van der Waals surface area contributed by atoms with Crippen molar-refractivity contribution in [3.05, 3.63) is 83.7 Å². The van der Waals surface area contributed by atoms with Crippen LogP contribution in [0.2, 0.25) is 0 Å². The third-order valence-electron chi connectivity index (χ3n) is 3.69. The highest BCUT2D eigenvalue weighted by Gasteiger charge is 2.25. The molecule has 1 heterocycles. The lowest BCUT2D eigenvalue weighted by atomic mass is 10.1. The number of nitrogens with one attached hydrogen (secondary N) is 1. The Morgan fingerprint density at radius 2 is 1.61 bits per heavy atom. The van der Waals surface area contributed by atoms with Crippen molar-refractivity contribution < 1.29 is 4.79 Å². The quantitative estimate of drug-likeness (QED) is 0.798. The molecule has 2 aromatic carbocycles. The van der Waals surface area contributed by atoms with Crippen molar-refractivity contribution in [2.75, 3.05) is 5.32 Å². The van der Waals surface area contributed by atoms with E-state index in [4.69, 9.17) is 0 Å². The molecular weight excluding hydrogens is 286 g/mol. The molecule has 0 saturated carbocycles. The number of carbonyl (C=O) groups excluding carboxylic acids is 1. The number of benzene rings is 2. The normalized spacial score (nSPS) is 11.9. The number of para-hydroxylation sites is 1. The van der Waals surface area contributed by atoms with Gasteiger partial charge < -0.3 is 5.32 Å². The van der Waals surface area contributed by atoms with Gasteiger partial charge in [-0.2, -0.15) is 5.10 Å². The lowest BCUT2D eigenvalue weighted by Crippen LogP contribution is -2.28. The molecule has 1 atom stereocenters. The first kappa shape index (κ1) is 15.0. The van der Waals surface area contributed by atoms with Crippen LogP contribution in [-0.4, -0.2) is 15.7 Å². The fraction of sp³-hybridized carbons (Fsp3) is 0.158. The number of nitrogens with zero attached hydrogens (tertiary/aromatic N) is 2. The van der Waals surface area contributed by atoms with Crippen LogP contribution < -0.4 is 5.32 Å². The second kappa shape index (κ2) is 6.48. The second-order valence-electron chi connectivity index (χ2n) is 5.54. The molecule has 23 heavy (non-hydrogen) atoms. The zero-order chi connectivity index (χ0) is 16.2. The lowest BCUT2D eigenvalue weighted by Gasteiger charge is -2.19. The van der Waals surface area contributed by atoms with Crippen molar-refractivity contribution >= 4 is 11.6 Å². The standard InChI is InChI=1S/C19H19N3O/c1-14-13-15(2)22(21-14)18(16-9-5-3-6-10-16)19(23)20-17-11-7-4-8-12-17/h3-13,18H,1-2H3,(H,20,23)/t18-/m1/s1. The van der Waals surface area contributed by atoms with Crippen molar-refractivity contribution in [3.8, 4) is 0 Å². The third kappa shape index (κ3) is 3.31. The Kier molecular flexibility index (Phi) is 4.24. The van der Waals surface area contributed by atoms with Crippen molar-refractivity contribution in [3.63, 3.8) is 0 Å². The van der Waals surface area contributed by atoms with E-state index in [-0.39, 0.29) is 5.91 Å². The number of hydrogen-bond acceptors (Lipinski definition) is 2. The Labute approximate surface area is 135 Å². The molecule has 3 aromatic rings. The molecule has 1 aromatic heterocycles. The van der Waals surface area contributed by atoms with Crippen LogP contribution in [0.5, 0.6) is 0 Å². The third-order valence-corrected chi connectivity index (χ3v) is 3.69. The second-order valence-corrected chi connectivity index (χ2v) is 5.54. The first-order valence-electron chi connectivity index (χ1n) is 7.59. The van der Waals surface area contributed by atoms with Gasteiger partial charge in [0.05, 0.1) is 5.69 Å². The summed E-state index contributed by atoms with van der Waals surface area (Å²) in [6.07, 6.45) is 0. The van der Waals surface area contributed by atoms with Gasteiger partial charge in [-0.1, -0.05) is 48.5 Å². The summed E-state index contributed by atoms with van der Waals surface area (Å²) in [4.78, 5) is 12.9. The summed E-state index contributed by atoms with van der Waals surface area (Å²) in [7, 11) is 0. The van der Waals surface area contributed by atoms with E-state index in [1.54, 1.807) is 4.68 Å². The Hall–Kier alpha value is -2.88. The van der Waals surface area contributed by atoms with Crippen LogP contribution in [0.15, 0.2) is 66.7 Å². The summed E-state index contributed by atoms with van der Waals surface area (Å²) in [5.74, 6) is -0.103. The molecule has 4 nitrogen and oxygen atoms in total. The lowest BCUT2D eigenvalue weighted by molar-refractivity contribution is -0.118. The predicted octanol–water partition coefficient (Wildman–Crippen LogP) is 3.73. The van der Waals surface area contributed by atoms with Crippen molar-refractivity contribution in [2.24, 2.45) is 0 Å². The number of amides is 1. The SMILES string of the molecule is Cc1cc(C)n([C@@H](C(=O)Nc2ccccc2)c2ccccc2)n1. The van der Waals surface area contributed by atoms with Crippen molar-refractivity contribution in [1.82, 2.24) is 9.78 Å². The molecule has 116 valence electrons. The van der Waals surface area contributed by atoms with Gasteiger partial charge in [0.2, 0.25) is 0 Å². The number of aryl methyl sites for hydroxylation is 2. The fourth-order valence-electron chi connectivity index (χ4n) is 2.68. The minimum absolute atomic E-state index is 0.103. The zero-order valence-corrected chi connectivity index (χ0v) is 13.2. The smallest absolute Gasteiger partial charge is 0.253 e. The van der Waals surface area contributed by atoms with Crippen LogP contribution in [-0.2, 0) is 4.79 Å². The molecule has 0 saturated heterocycles. The van der Waals surface area contributed by atoms with Gasteiger partial charge in [-0.3, -0.25) is 9.48 Å². The largest absolute Gasteiger partial charge is 0.324 e. The highest BCUT2D eigenvalue weighted by atomic mass is 16.2. The molecule has 0 aliphatic heterocycles. The predicted molar refractivity (Wildman–Crippen MR) is 91.4 cm³/mol. The van der Waals surface area contributed by atoms with Crippen LogP contribution in [0.25, 0.3) is 0 Å². The molecule has 1 amide bonds. The molecule has 1 N–H and O–H groups in total. The molecule has 0 spiro atoms. The summed E-state index contributed by atoms with van der Waals surface area (Å²) in [5, 5.41) is 7.48. The van der Waals surface area contributed by atoms with E-state index in [1.165, 1.54) is 0 Å². The van der Waals surface area contributed by atoms with Gasteiger partial charge in [-0.25, -0.2) is 0 Å². The van der Waals surface area contributed by atoms with Crippen LogP contribution in [0.1, 0.15) is 23.0 Å². The maximum atomic E-state index is 12.9. The number of hydrogen-bond donors (Lipinski definition) is 1. The first-order chi connectivity index (χ1) is 11.1. The van der Waals surface area contributed by atoms with Gasteiger partial charge in [0.15, 0.2) is 6.04 Å². The van der Waals surface area contributed by atoms with Crippen molar-refractivity contribution in [2.45, 2.75) is 19.9 Å². The van der Waals surface area contributed by atoms with Gasteiger partial charge in [0, 0.05) is 11.4 Å². The molecule has 0 fully saturated rings. The van der Waals surface area contributed by atoms with E-state index in [1.807, 2.05) is 80.6 Å². The van der Waals surface area contributed by atoms with Gasteiger partial charge in [0.1, 0.15) is 0 Å². The number of carbonyl (C=O) groups is 1. The van der Waals surface area contributed by atoms with Crippen molar-refractivity contribution in [1.29, 1.82) is 0 Å².